The number of anilines is 1. The predicted octanol–water partition coefficient (Wildman–Crippen LogP) is -0.297. The molecule has 4 N–H and O–H groups in total. The van der Waals surface area contributed by atoms with Gasteiger partial charge in [0.25, 0.3) is 0 Å². The molecule has 0 aliphatic heterocycles. The van der Waals surface area contributed by atoms with Gasteiger partial charge < -0.3 is 20.7 Å². The molecular formula is C12H20N4O4. The van der Waals surface area contributed by atoms with Crippen molar-refractivity contribution >= 4 is 11.8 Å². The number of nitrogens with two attached hydrogens (primary N) is 1. The summed E-state index contributed by atoms with van der Waals surface area (Å²) >= 11 is 0. The zero-order valence-electron chi connectivity index (χ0n) is 11.2. The number of ether oxygens (including phenoxy) is 1. The molecule has 0 amide bonds. The number of hydrogen-bond acceptors (Lipinski definition) is 7. The van der Waals surface area contributed by atoms with Crippen LogP contribution in [0.5, 0.6) is 0 Å². The maximum atomic E-state index is 12.0. The Kier molecular flexibility index (Phi) is 4.91. The summed E-state index contributed by atoms with van der Waals surface area (Å²) in [4.78, 5) is 12.0. The largest absolute Gasteiger partial charge is 0.458 e. The van der Waals surface area contributed by atoms with Crippen LogP contribution in [0.25, 0.3) is 0 Å². The summed E-state index contributed by atoms with van der Waals surface area (Å²) in [5.41, 5.74) is 5.72. The third kappa shape index (κ3) is 3.45. The van der Waals surface area contributed by atoms with Crippen LogP contribution >= 0.6 is 0 Å². The summed E-state index contributed by atoms with van der Waals surface area (Å²) in [6, 6.07) is 0. The van der Waals surface area contributed by atoms with E-state index < -0.39 is 18.7 Å². The first-order valence-corrected chi connectivity index (χ1v) is 6.80. The number of esters is 1. The summed E-state index contributed by atoms with van der Waals surface area (Å²) in [6.07, 6.45) is 3.94. The number of carbonyl (C=O) groups excluding carboxylic acids is 1. The van der Waals surface area contributed by atoms with Gasteiger partial charge in [-0.25, -0.2) is 9.48 Å². The lowest BCUT2D eigenvalue weighted by molar-refractivity contribution is 0.0205. The van der Waals surface area contributed by atoms with Crippen LogP contribution in [0.1, 0.15) is 42.6 Å². The van der Waals surface area contributed by atoms with Crippen molar-refractivity contribution in [3.05, 3.63) is 5.69 Å². The van der Waals surface area contributed by atoms with E-state index in [-0.39, 0.29) is 24.2 Å². The zero-order valence-corrected chi connectivity index (χ0v) is 11.2. The van der Waals surface area contributed by atoms with E-state index in [0.29, 0.717) is 0 Å². The molecule has 1 saturated carbocycles. The van der Waals surface area contributed by atoms with Crippen molar-refractivity contribution < 1.29 is 19.7 Å². The Hall–Kier alpha value is -1.67. The number of aromatic nitrogens is 3. The molecule has 1 atom stereocenters. The summed E-state index contributed by atoms with van der Waals surface area (Å²) in [7, 11) is 0. The van der Waals surface area contributed by atoms with Crippen molar-refractivity contribution in [2.24, 2.45) is 0 Å². The number of rotatable bonds is 5. The smallest absolute Gasteiger partial charge is 0.363 e. The van der Waals surface area contributed by atoms with Gasteiger partial charge in [0.15, 0.2) is 5.82 Å². The average Bonchev–Trinajstić information content (AvgIpc) is 2.81. The van der Waals surface area contributed by atoms with Crippen molar-refractivity contribution in [2.45, 2.75) is 50.9 Å². The second-order valence-electron chi connectivity index (χ2n) is 5.01. The number of carbonyl (C=O) groups is 1. The third-order valence-electron chi connectivity index (χ3n) is 3.39. The Bertz CT molecular complexity index is 456. The molecule has 112 valence electrons. The monoisotopic (exact) mass is 284 g/mol. The van der Waals surface area contributed by atoms with Gasteiger partial charge in [0.1, 0.15) is 6.10 Å². The number of aliphatic hydroxyl groups excluding tert-OH is 2. The Labute approximate surface area is 116 Å². The predicted molar refractivity (Wildman–Crippen MR) is 69.8 cm³/mol. The minimum absolute atomic E-state index is 0.0218. The van der Waals surface area contributed by atoms with E-state index in [2.05, 4.69) is 10.3 Å². The molecule has 1 fully saturated rings. The topological polar surface area (TPSA) is 123 Å². The molecule has 8 nitrogen and oxygen atoms in total. The van der Waals surface area contributed by atoms with Crippen LogP contribution in [0.15, 0.2) is 0 Å². The molecule has 1 heterocycles. The zero-order chi connectivity index (χ0) is 14.5. The second-order valence-corrected chi connectivity index (χ2v) is 5.01. The first kappa shape index (κ1) is 14.7. The Morgan fingerprint density at radius 2 is 2.15 bits per heavy atom. The highest BCUT2D eigenvalue weighted by Crippen LogP contribution is 2.22. The van der Waals surface area contributed by atoms with E-state index in [1.165, 1.54) is 11.1 Å². The van der Waals surface area contributed by atoms with Gasteiger partial charge in [-0.3, -0.25) is 0 Å². The van der Waals surface area contributed by atoms with Crippen molar-refractivity contribution in [3.8, 4) is 0 Å². The highest BCUT2D eigenvalue weighted by molar-refractivity contribution is 5.91. The van der Waals surface area contributed by atoms with Crippen LogP contribution in [0, 0.1) is 0 Å². The van der Waals surface area contributed by atoms with E-state index in [1.54, 1.807) is 0 Å². The van der Waals surface area contributed by atoms with Gasteiger partial charge in [-0.05, 0) is 25.7 Å². The van der Waals surface area contributed by atoms with Crippen LogP contribution in [-0.4, -0.2) is 50.0 Å². The minimum Gasteiger partial charge on any atom is -0.458 e. The molecule has 1 aliphatic carbocycles. The van der Waals surface area contributed by atoms with E-state index in [1.807, 2.05) is 0 Å². The number of hydrogen-bond donors (Lipinski definition) is 3. The fourth-order valence-electron chi connectivity index (χ4n) is 2.25. The maximum Gasteiger partial charge on any atom is 0.363 e. The molecule has 2 rings (SSSR count). The lowest BCUT2D eigenvalue weighted by Gasteiger charge is -2.21. The Morgan fingerprint density at radius 1 is 1.45 bits per heavy atom. The fraction of sp³-hybridized carbons (Fsp3) is 0.750. The molecule has 1 aromatic heterocycles. The molecule has 8 heteroatoms. The number of nitrogens with zero attached hydrogens (tertiary/aromatic N) is 3. The van der Waals surface area contributed by atoms with Crippen LogP contribution in [0.2, 0.25) is 0 Å². The molecule has 0 radical (unpaired) electrons. The molecule has 0 saturated heterocycles. The first-order chi connectivity index (χ1) is 9.61. The summed E-state index contributed by atoms with van der Waals surface area (Å²) in [5, 5.41) is 25.5. The molecular weight excluding hydrogens is 264 g/mol. The molecule has 0 spiro atoms. The number of nitrogen functional groups attached to an aromatic ring is 1. The first-order valence-electron chi connectivity index (χ1n) is 6.80. The lowest BCUT2D eigenvalue weighted by atomic mass is 9.98. The standard InChI is InChI=1S/C12H20N4O4/c13-11-10(14-15-16(11)6-8(18)7-17)12(19)20-9-4-2-1-3-5-9/h8-9,17-18H,1-7,13H2. The average molecular weight is 284 g/mol. The van der Waals surface area contributed by atoms with Gasteiger partial charge >= 0.3 is 5.97 Å². The van der Waals surface area contributed by atoms with Crippen LogP contribution in [0.3, 0.4) is 0 Å². The summed E-state index contributed by atoms with van der Waals surface area (Å²) in [5.74, 6) is -0.544. The Morgan fingerprint density at radius 3 is 2.80 bits per heavy atom. The fourth-order valence-corrected chi connectivity index (χ4v) is 2.25. The quantitative estimate of drug-likeness (QED) is 0.634. The normalized spacial score (nSPS) is 17.9. The van der Waals surface area contributed by atoms with E-state index in [0.717, 1.165) is 25.7 Å². The van der Waals surface area contributed by atoms with Gasteiger partial charge in [0.2, 0.25) is 5.69 Å². The molecule has 0 bridgehead atoms. The molecule has 1 unspecified atom stereocenters. The highest BCUT2D eigenvalue weighted by atomic mass is 16.5. The second kappa shape index (κ2) is 6.67. The minimum atomic E-state index is -0.999. The van der Waals surface area contributed by atoms with Gasteiger partial charge in [-0.2, -0.15) is 0 Å². The van der Waals surface area contributed by atoms with Gasteiger partial charge in [0.05, 0.1) is 19.3 Å². The maximum absolute atomic E-state index is 12.0. The Balaban J connectivity index is 1.99. The molecule has 1 aromatic rings. The van der Waals surface area contributed by atoms with E-state index >= 15 is 0 Å². The number of aliphatic hydroxyl groups is 2. The lowest BCUT2D eigenvalue weighted by Crippen LogP contribution is -2.23. The van der Waals surface area contributed by atoms with Gasteiger partial charge in [0, 0.05) is 0 Å². The van der Waals surface area contributed by atoms with Gasteiger partial charge in [-0.15, -0.1) is 5.10 Å². The van der Waals surface area contributed by atoms with Crippen LogP contribution in [-0.2, 0) is 11.3 Å². The van der Waals surface area contributed by atoms with Gasteiger partial charge in [-0.1, -0.05) is 11.6 Å². The SMILES string of the molecule is Nc1c(C(=O)OC2CCCCC2)nnn1CC(O)CO. The van der Waals surface area contributed by atoms with Crippen LogP contribution < -0.4 is 5.73 Å². The van der Waals surface area contributed by atoms with Crippen molar-refractivity contribution in [3.63, 3.8) is 0 Å². The summed E-state index contributed by atoms with van der Waals surface area (Å²) in [6.45, 7) is -0.437. The highest BCUT2D eigenvalue weighted by Gasteiger charge is 2.24. The van der Waals surface area contributed by atoms with E-state index in [9.17, 15) is 9.90 Å². The van der Waals surface area contributed by atoms with Crippen LogP contribution in [0.4, 0.5) is 5.82 Å². The third-order valence-corrected chi connectivity index (χ3v) is 3.39. The molecule has 0 aromatic carbocycles. The van der Waals surface area contributed by atoms with Crippen molar-refractivity contribution in [2.75, 3.05) is 12.3 Å². The molecule has 1 aliphatic rings. The van der Waals surface area contributed by atoms with Crippen molar-refractivity contribution in [1.29, 1.82) is 0 Å². The van der Waals surface area contributed by atoms with Crippen molar-refractivity contribution in [1.82, 2.24) is 15.0 Å². The van der Waals surface area contributed by atoms with E-state index in [4.69, 9.17) is 15.6 Å². The molecule has 20 heavy (non-hydrogen) atoms. The summed E-state index contributed by atoms with van der Waals surface area (Å²) < 4.78 is 6.54.